The molecule has 0 fully saturated rings. The summed E-state index contributed by atoms with van der Waals surface area (Å²) in [5.74, 6) is -0.0521. The van der Waals surface area contributed by atoms with E-state index in [9.17, 15) is 13.2 Å². The number of carbonyl (C=O) groups is 1. The molecule has 2 aromatic rings. The van der Waals surface area contributed by atoms with E-state index in [1.54, 1.807) is 6.92 Å². The van der Waals surface area contributed by atoms with Crippen LogP contribution >= 0.6 is 0 Å². The minimum atomic E-state index is -3.65. The molecule has 0 saturated heterocycles. The molecular formula is C20H26N2O4S. The highest BCUT2D eigenvalue weighted by atomic mass is 32.2. The van der Waals surface area contributed by atoms with Crippen molar-refractivity contribution in [2.75, 3.05) is 20.3 Å². The summed E-state index contributed by atoms with van der Waals surface area (Å²) in [5, 5.41) is 2.88. The molecule has 0 aromatic heterocycles. The van der Waals surface area contributed by atoms with E-state index in [-0.39, 0.29) is 29.4 Å². The molecule has 0 aliphatic carbocycles. The van der Waals surface area contributed by atoms with Gasteiger partial charge < -0.3 is 10.1 Å². The maximum absolute atomic E-state index is 12.3. The second-order valence-corrected chi connectivity index (χ2v) is 8.24. The Hall–Kier alpha value is -2.22. The maximum atomic E-state index is 12.3. The number of benzene rings is 2. The van der Waals surface area contributed by atoms with Crippen LogP contribution in [0.1, 0.15) is 35.7 Å². The molecule has 0 aliphatic rings. The fraction of sp³-hybridized carbons (Fsp3) is 0.350. The molecule has 2 N–H and O–H groups in total. The third-order valence-electron chi connectivity index (χ3n) is 4.14. The van der Waals surface area contributed by atoms with Gasteiger partial charge in [-0.1, -0.05) is 37.3 Å². The van der Waals surface area contributed by atoms with Gasteiger partial charge in [0, 0.05) is 25.3 Å². The Morgan fingerprint density at radius 2 is 1.67 bits per heavy atom. The van der Waals surface area contributed by atoms with Gasteiger partial charge in [-0.3, -0.25) is 4.79 Å². The molecule has 7 heteroatoms. The van der Waals surface area contributed by atoms with Crippen LogP contribution in [0.5, 0.6) is 0 Å². The maximum Gasteiger partial charge on any atom is 0.251 e. The number of sulfonamides is 1. The lowest BCUT2D eigenvalue weighted by molar-refractivity contribution is 0.0951. The van der Waals surface area contributed by atoms with Crippen molar-refractivity contribution in [2.45, 2.75) is 30.7 Å². The predicted octanol–water partition coefficient (Wildman–Crippen LogP) is 2.53. The van der Waals surface area contributed by atoms with Gasteiger partial charge in [0.25, 0.3) is 5.91 Å². The molecule has 2 rings (SSSR count). The molecule has 0 aliphatic heterocycles. The van der Waals surface area contributed by atoms with Gasteiger partial charge in [-0.05, 0) is 42.7 Å². The summed E-state index contributed by atoms with van der Waals surface area (Å²) in [6, 6.07) is 15.5. The Labute approximate surface area is 161 Å². The Morgan fingerprint density at radius 1 is 1.04 bits per heavy atom. The zero-order valence-electron chi connectivity index (χ0n) is 15.8. The fourth-order valence-corrected chi connectivity index (χ4v) is 3.88. The number of hydrogen-bond donors (Lipinski definition) is 2. The van der Waals surface area contributed by atoms with Gasteiger partial charge in [0.2, 0.25) is 10.0 Å². The molecule has 2 atom stereocenters. The van der Waals surface area contributed by atoms with E-state index in [4.69, 9.17) is 4.74 Å². The van der Waals surface area contributed by atoms with Gasteiger partial charge in [0.05, 0.1) is 11.5 Å². The van der Waals surface area contributed by atoms with Crippen molar-refractivity contribution in [3.8, 4) is 0 Å². The van der Waals surface area contributed by atoms with Crippen LogP contribution in [0.3, 0.4) is 0 Å². The molecule has 2 aromatic carbocycles. The second-order valence-electron chi connectivity index (χ2n) is 6.52. The van der Waals surface area contributed by atoms with Crippen molar-refractivity contribution in [1.29, 1.82) is 0 Å². The SMILES string of the molecule is COC[C@H](C)NS(=O)(=O)c1ccc(C(=O)NC[C@@H](C)c2ccccc2)cc1. The molecule has 146 valence electrons. The van der Waals surface area contributed by atoms with Gasteiger partial charge in [-0.15, -0.1) is 0 Å². The lowest BCUT2D eigenvalue weighted by Crippen LogP contribution is -2.35. The summed E-state index contributed by atoms with van der Waals surface area (Å²) in [6.07, 6.45) is 0. The first-order valence-corrected chi connectivity index (χ1v) is 10.3. The number of ether oxygens (including phenoxy) is 1. The fourth-order valence-electron chi connectivity index (χ4n) is 2.65. The second kappa shape index (κ2) is 9.64. The van der Waals surface area contributed by atoms with Crippen LogP contribution in [0.15, 0.2) is 59.5 Å². The molecule has 0 spiro atoms. The smallest absolute Gasteiger partial charge is 0.251 e. The topological polar surface area (TPSA) is 84.5 Å². The van der Waals surface area contributed by atoms with E-state index >= 15 is 0 Å². The normalized spacial score (nSPS) is 13.7. The number of nitrogens with one attached hydrogen (secondary N) is 2. The lowest BCUT2D eigenvalue weighted by atomic mass is 10.0. The zero-order chi connectivity index (χ0) is 19.9. The van der Waals surface area contributed by atoms with Gasteiger partial charge in [-0.25, -0.2) is 13.1 Å². The molecular weight excluding hydrogens is 364 g/mol. The van der Waals surface area contributed by atoms with Gasteiger partial charge in [0.15, 0.2) is 0 Å². The van der Waals surface area contributed by atoms with E-state index < -0.39 is 10.0 Å². The quantitative estimate of drug-likeness (QED) is 0.689. The van der Waals surface area contributed by atoms with Crippen molar-refractivity contribution in [2.24, 2.45) is 0 Å². The van der Waals surface area contributed by atoms with E-state index in [2.05, 4.69) is 10.0 Å². The number of carbonyl (C=O) groups excluding carboxylic acids is 1. The highest BCUT2D eigenvalue weighted by Gasteiger charge is 2.18. The highest BCUT2D eigenvalue weighted by molar-refractivity contribution is 7.89. The molecule has 27 heavy (non-hydrogen) atoms. The van der Waals surface area contributed by atoms with Crippen LogP contribution in [0.25, 0.3) is 0 Å². The Balaban J connectivity index is 1.97. The van der Waals surface area contributed by atoms with Crippen LogP contribution in [-0.2, 0) is 14.8 Å². The zero-order valence-corrected chi connectivity index (χ0v) is 16.6. The highest BCUT2D eigenvalue weighted by Crippen LogP contribution is 2.14. The van der Waals surface area contributed by atoms with Crippen molar-refractivity contribution in [1.82, 2.24) is 10.0 Å². The first kappa shape index (κ1) is 21.1. The van der Waals surface area contributed by atoms with Crippen LogP contribution < -0.4 is 10.0 Å². The standard InChI is InChI=1S/C20H26N2O4S/c1-15(17-7-5-4-6-8-17)13-21-20(23)18-9-11-19(12-10-18)27(24,25)22-16(2)14-26-3/h4-12,15-16,22H,13-14H2,1-3H3,(H,21,23)/t15-,16+/m1/s1. The predicted molar refractivity (Wildman–Crippen MR) is 105 cm³/mol. The molecule has 0 heterocycles. The molecule has 0 bridgehead atoms. The van der Waals surface area contributed by atoms with Crippen LogP contribution in [0.4, 0.5) is 0 Å². The van der Waals surface area contributed by atoms with Crippen molar-refractivity contribution in [3.05, 3.63) is 65.7 Å². The molecule has 0 radical (unpaired) electrons. The summed E-state index contributed by atoms with van der Waals surface area (Å²) >= 11 is 0. The van der Waals surface area contributed by atoms with E-state index in [1.807, 2.05) is 37.3 Å². The molecule has 0 saturated carbocycles. The van der Waals surface area contributed by atoms with E-state index in [1.165, 1.54) is 31.4 Å². The largest absolute Gasteiger partial charge is 0.383 e. The summed E-state index contributed by atoms with van der Waals surface area (Å²) in [5.41, 5.74) is 1.56. The van der Waals surface area contributed by atoms with Crippen molar-refractivity contribution >= 4 is 15.9 Å². The average Bonchev–Trinajstić information content (AvgIpc) is 2.66. The number of amides is 1. The monoisotopic (exact) mass is 390 g/mol. The van der Waals surface area contributed by atoms with Crippen molar-refractivity contribution in [3.63, 3.8) is 0 Å². The first-order chi connectivity index (χ1) is 12.8. The van der Waals surface area contributed by atoms with Gasteiger partial charge >= 0.3 is 0 Å². The lowest BCUT2D eigenvalue weighted by Gasteiger charge is -2.14. The van der Waals surface area contributed by atoms with Gasteiger partial charge in [0.1, 0.15) is 0 Å². The molecule has 6 nitrogen and oxygen atoms in total. The molecule has 1 amide bonds. The number of rotatable bonds is 9. The minimum Gasteiger partial charge on any atom is -0.383 e. The average molecular weight is 391 g/mol. The Morgan fingerprint density at radius 3 is 2.26 bits per heavy atom. The van der Waals surface area contributed by atoms with E-state index in [0.717, 1.165) is 5.56 Å². The Kier molecular flexibility index (Phi) is 7.53. The minimum absolute atomic E-state index is 0.111. The number of methoxy groups -OCH3 is 1. The van der Waals surface area contributed by atoms with Crippen LogP contribution in [-0.4, -0.2) is 40.6 Å². The summed E-state index contributed by atoms with van der Waals surface area (Å²) in [6.45, 7) is 4.53. The summed E-state index contributed by atoms with van der Waals surface area (Å²) < 4.78 is 32.1. The first-order valence-electron chi connectivity index (χ1n) is 8.78. The third kappa shape index (κ3) is 6.16. The van der Waals surface area contributed by atoms with E-state index in [0.29, 0.717) is 12.1 Å². The Bertz CT molecular complexity index is 836. The molecule has 0 unspecified atom stereocenters. The summed E-state index contributed by atoms with van der Waals surface area (Å²) in [7, 11) is -2.14. The van der Waals surface area contributed by atoms with Gasteiger partial charge in [-0.2, -0.15) is 0 Å². The number of hydrogen-bond acceptors (Lipinski definition) is 4. The summed E-state index contributed by atoms with van der Waals surface area (Å²) in [4.78, 5) is 12.4. The van der Waals surface area contributed by atoms with Crippen molar-refractivity contribution < 1.29 is 17.9 Å². The van der Waals surface area contributed by atoms with Crippen LogP contribution in [0, 0.1) is 0 Å². The van der Waals surface area contributed by atoms with Crippen LogP contribution in [0.2, 0.25) is 0 Å². The third-order valence-corrected chi connectivity index (χ3v) is 5.74.